The molecular formula is C10H8ClN3O3. The summed E-state index contributed by atoms with van der Waals surface area (Å²) in [6.45, 7) is 0. The summed E-state index contributed by atoms with van der Waals surface area (Å²) in [6.07, 6.45) is 1.15. The topological polar surface area (TPSA) is 77.2 Å². The molecule has 0 saturated heterocycles. The van der Waals surface area contributed by atoms with Gasteiger partial charge in [-0.1, -0.05) is 16.8 Å². The minimum absolute atomic E-state index is 0.0693. The molecule has 0 radical (unpaired) electrons. The van der Waals surface area contributed by atoms with Gasteiger partial charge in [-0.05, 0) is 12.1 Å². The van der Waals surface area contributed by atoms with Crippen LogP contribution in [0.15, 0.2) is 24.4 Å². The smallest absolute Gasteiger partial charge is 0.356 e. The van der Waals surface area contributed by atoms with E-state index in [0.29, 0.717) is 16.5 Å². The Bertz CT molecular complexity index is 568. The highest BCUT2D eigenvalue weighted by Crippen LogP contribution is 2.25. The molecule has 0 fully saturated rings. The highest BCUT2D eigenvalue weighted by Gasteiger charge is 2.15. The van der Waals surface area contributed by atoms with Crippen molar-refractivity contribution in [3.63, 3.8) is 0 Å². The van der Waals surface area contributed by atoms with Gasteiger partial charge in [0.05, 0.1) is 24.0 Å². The largest absolute Gasteiger partial charge is 0.497 e. The zero-order valence-electron chi connectivity index (χ0n) is 8.79. The number of nitrogens with zero attached hydrogens (tertiary/aromatic N) is 3. The van der Waals surface area contributed by atoms with Gasteiger partial charge >= 0.3 is 5.97 Å². The van der Waals surface area contributed by atoms with Crippen LogP contribution in [0.2, 0.25) is 5.02 Å². The van der Waals surface area contributed by atoms with Gasteiger partial charge in [-0.25, -0.2) is 9.48 Å². The number of hydrogen-bond acceptors (Lipinski definition) is 4. The highest BCUT2D eigenvalue weighted by atomic mass is 35.5. The van der Waals surface area contributed by atoms with Crippen LogP contribution in [0.25, 0.3) is 5.69 Å². The van der Waals surface area contributed by atoms with Crippen LogP contribution in [-0.2, 0) is 0 Å². The molecule has 0 amide bonds. The Hall–Kier alpha value is -2.08. The van der Waals surface area contributed by atoms with E-state index >= 15 is 0 Å². The molecule has 0 bridgehead atoms. The average molecular weight is 254 g/mol. The lowest BCUT2D eigenvalue weighted by Crippen LogP contribution is -2.08. The number of hydrogen-bond donors (Lipinski definition) is 1. The van der Waals surface area contributed by atoms with Gasteiger partial charge in [0.15, 0.2) is 5.69 Å². The number of benzene rings is 1. The highest BCUT2D eigenvalue weighted by molar-refractivity contribution is 6.32. The third kappa shape index (κ3) is 2.07. The summed E-state index contributed by atoms with van der Waals surface area (Å²) in [7, 11) is 1.51. The summed E-state index contributed by atoms with van der Waals surface area (Å²) in [5, 5.41) is 16.6. The molecule has 2 aromatic rings. The Labute approximate surface area is 101 Å². The van der Waals surface area contributed by atoms with E-state index in [1.807, 2.05) is 0 Å². The molecule has 0 aliphatic carbocycles. The second kappa shape index (κ2) is 4.42. The molecular weight excluding hydrogens is 246 g/mol. The molecule has 88 valence electrons. The summed E-state index contributed by atoms with van der Waals surface area (Å²) in [5.41, 5.74) is 0.334. The average Bonchev–Trinajstić information content (AvgIpc) is 2.78. The van der Waals surface area contributed by atoms with Gasteiger partial charge in [-0.3, -0.25) is 0 Å². The number of aromatic nitrogens is 3. The Kier molecular flexibility index (Phi) is 2.97. The second-order valence-electron chi connectivity index (χ2n) is 3.15. The van der Waals surface area contributed by atoms with Crippen LogP contribution in [0, 0.1) is 0 Å². The van der Waals surface area contributed by atoms with Crippen LogP contribution < -0.4 is 4.74 Å². The van der Waals surface area contributed by atoms with Crippen LogP contribution in [-0.4, -0.2) is 33.2 Å². The Balaban J connectivity index is 2.59. The molecule has 0 aliphatic rings. The molecule has 1 heterocycles. The number of carbonyl (C=O) groups is 1. The molecule has 17 heavy (non-hydrogen) atoms. The maximum atomic E-state index is 10.9. The Morgan fingerprint density at radius 3 is 2.94 bits per heavy atom. The lowest BCUT2D eigenvalue weighted by Gasteiger charge is -2.07. The van der Waals surface area contributed by atoms with E-state index in [9.17, 15) is 4.79 Å². The van der Waals surface area contributed by atoms with Crippen LogP contribution >= 0.6 is 11.6 Å². The van der Waals surface area contributed by atoms with E-state index in [1.54, 1.807) is 18.2 Å². The van der Waals surface area contributed by atoms with E-state index in [1.165, 1.54) is 7.11 Å². The molecule has 2 rings (SSSR count). The summed E-state index contributed by atoms with van der Waals surface area (Å²) >= 11 is 5.98. The zero-order chi connectivity index (χ0) is 12.4. The molecule has 0 atom stereocenters. The summed E-state index contributed by atoms with van der Waals surface area (Å²) in [6, 6.07) is 4.86. The lowest BCUT2D eigenvalue weighted by molar-refractivity contribution is 0.0687. The van der Waals surface area contributed by atoms with E-state index < -0.39 is 5.97 Å². The second-order valence-corrected chi connectivity index (χ2v) is 3.56. The molecule has 1 aromatic heterocycles. The minimum Gasteiger partial charge on any atom is -0.497 e. The number of methoxy groups -OCH3 is 1. The van der Waals surface area contributed by atoms with Gasteiger partial charge < -0.3 is 9.84 Å². The van der Waals surface area contributed by atoms with Gasteiger partial charge in [0.1, 0.15) is 5.75 Å². The van der Waals surface area contributed by atoms with Gasteiger partial charge in [-0.2, -0.15) is 0 Å². The maximum Gasteiger partial charge on any atom is 0.356 e. The van der Waals surface area contributed by atoms with Crippen LogP contribution in [0.1, 0.15) is 10.5 Å². The monoisotopic (exact) mass is 253 g/mol. The number of ether oxygens (including phenoxy) is 1. The number of rotatable bonds is 3. The van der Waals surface area contributed by atoms with Crippen molar-refractivity contribution in [3.05, 3.63) is 35.1 Å². The van der Waals surface area contributed by atoms with Gasteiger partial charge in [0.25, 0.3) is 0 Å². The van der Waals surface area contributed by atoms with E-state index in [2.05, 4.69) is 10.3 Å². The molecule has 0 aliphatic heterocycles. The first-order valence-corrected chi connectivity index (χ1v) is 4.99. The van der Waals surface area contributed by atoms with Crippen molar-refractivity contribution in [3.8, 4) is 11.4 Å². The molecule has 6 nitrogen and oxygen atoms in total. The number of aromatic carboxylic acids is 1. The number of halogens is 1. The summed E-state index contributed by atoms with van der Waals surface area (Å²) in [4.78, 5) is 10.9. The summed E-state index contributed by atoms with van der Waals surface area (Å²) < 4.78 is 6.19. The normalized spacial score (nSPS) is 10.2. The predicted octanol–water partition coefficient (Wildman–Crippen LogP) is 1.63. The number of carboxylic acids is 1. The molecule has 0 spiro atoms. The first-order valence-electron chi connectivity index (χ1n) is 4.61. The SMILES string of the molecule is COc1ccc(Cl)c(-n2nncc2C(=O)O)c1. The zero-order valence-corrected chi connectivity index (χ0v) is 9.55. The van der Waals surface area contributed by atoms with Gasteiger partial charge in [-0.15, -0.1) is 5.10 Å². The fraction of sp³-hybridized carbons (Fsp3) is 0.100. The van der Waals surface area contributed by atoms with Crippen molar-refractivity contribution in [2.75, 3.05) is 7.11 Å². The van der Waals surface area contributed by atoms with Gasteiger partial charge in [0.2, 0.25) is 0 Å². The fourth-order valence-electron chi connectivity index (χ4n) is 1.34. The molecule has 7 heteroatoms. The molecule has 1 aromatic carbocycles. The lowest BCUT2D eigenvalue weighted by atomic mass is 10.3. The summed E-state index contributed by atoms with van der Waals surface area (Å²) in [5.74, 6) is -0.579. The van der Waals surface area contributed by atoms with Crippen molar-refractivity contribution in [1.29, 1.82) is 0 Å². The third-order valence-electron chi connectivity index (χ3n) is 2.15. The van der Waals surface area contributed by atoms with Crippen molar-refractivity contribution >= 4 is 17.6 Å². The molecule has 0 unspecified atom stereocenters. The first-order chi connectivity index (χ1) is 8.13. The van der Waals surface area contributed by atoms with Crippen molar-refractivity contribution < 1.29 is 14.6 Å². The third-order valence-corrected chi connectivity index (χ3v) is 2.47. The van der Waals surface area contributed by atoms with Crippen molar-refractivity contribution in [1.82, 2.24) is 15.0 Å². The van der Waals surface area contributed by atoms with Crippen molar-refractivity contribution in [2.45, 2.75) is 0 Å². The Morgan fingerprint density at radius 1 is 1.53 bits per heavy atom. The van der Waals surface area contributed by atoms with E-state index in [4.69, 9.17) is 21.4 Å². The van der Waals surface area contributed by atoms with Crippen LogP contribution in [0.4, 0.5) is 0 Å². The minimum atomic E-state index is -1.13. The molecule has 0 saturated carbocycles. The maximum absolute atomic E-state index is 10.9. The van der Waals surface area contributed by atoms with Crippen molar-refractivity contribution in [2.24, 2.45) is 0 Å². The van der Waals surface area contributed by atoms with E-state index in [0.717, 1.165) is 10.9 Å². The van der Waals surface area contributed by atoms with Gasteiger partial charge in [0, 0.05) is 6.07 Å². The number of carboxylic acid groups (broad SMARTS) is 1. The predicted molar refractivity (Wildman–Crippen MR) is 59.9 cm³/mol. The Morgan fingerprint density at radius 2 is 2.29 bits per heavy atom. The molecule has 1 N–H and O–H groups in total. The quantitative estimate of drug-likeness (QED) is 0.900. The van der Waals surface area contributed by atoms with E-state index in [-0.39, 0.29) is 5.69 Å². The standard InChI is InChI=1S/C10H8ClN3O3/c1-17-6-2-3-7(11)8(4-6)14-9(10(15)16)5-12-13-14/h2-5H,1H3,(H,15,16). The van der Waals surface area contributed by atoms with Crippen LogP contribution in [0.3, 0.4) is 0 Å². The fourth-order valence-corrected chi connectivity index (χ4v) is 1.54. The first kappa shape index (κ1) is 11.4. The van der Waals surface area contributed by atoms with Crippen LogP contribution in [0.5, 0.6) is 5.75 Å².